The third-order valence-corrected chi connectivity index (χ3v) is 3.29. The SMILES string of the molecule is CCc1cccc(CC)c1N1C(=O)C=C(C)C1=O. The highest BCUT2D eigenvalue weighted by Crippen LogP contribution is 2.30. The van der Waals surface area contributed by atoms with Crippen molar-refractivity contribution in [1.82, 2.24) is 0 Å². The molecule has 1 aliphatic heterocycles. The maximum Gasteiger partial charge on any atom is 0.261 e. The van der Waals surface area contributed by atoms with Crippen LogP contribution in [-0.2, 0) is 22.4 Å². The van der Waals surface area contributed by atoms with Crippen molar-refractivity contribution in [3.05, 3.63) is 41.0 Å². The van der Waals surface area contributed by atoms with Gasteiger partial charge in [0.05, 0.1) is 5.69 Å². The molecule has 0 spiro atoms. The van der Waals surface area contributed by atoms with E-state index in [1.807, 2.05) is 32.0 Å². The lowest BCUT2D eigenvalue weighted by Crippen LogP contribution is -2.32. The summed E-state index contributed by atoms with van der Waals surface area (Å²) in [6.45, 7) is 5.74. The number of hydrogen-bond donors (Lipinski definition) is 0. The van der Waals surface area contributed by atoms with Crippen LogP contribution in [0.2, 0.25) is 0 Å². The summed E-state index contributed by atoms with van der Waals surface area (Å²) in [5.74, 6) is -0.427. The van der Waals surface area contributed by atoms with Crippen molar-refractivity contribution >= 4 is 17.5 Å². The standard InChI is InChI=1S/C15H17NO2/c1-4-11-7-6-8-12(5-2)14(11)16-13(17)9-10(3)15(16)18/h6-9H,4-5H2,1-3H3. The first-order valence-electron chi connectivity index (χ1n) is 6.27. The van der Waals surface area contributed by atoms with Crippen LogP contribution in [0.5, 0.6) is 0 Å². The average molecular weight is 243 g/mol. The number of carbonyl (C=O) groups excluding carboxylic acids is 2. The molecule has 0 unspecified atom stereocenters. The zero-order chi connectivity index (χ0) is 13.3. The number of benzene rings is 1. The molecule has 3 heteroatoms. The van der Waals surface area contributed by atoms with Crippen LogP contribution < -0.4 is 4.90 Å². The average Bonchev–Trinajstić information content (AvgIpc) is 2.62. The minimum absolute atomic E-state index is 0.199. The molecule has 0 N–H and O–H groups in total. The van der Waals surface area contributed by atoms with Gasteiger partial charge in [0.1, 0.15) is 0 Å². The van der Waals surface area contributed by atoms with Gasteiger partial charge in [0.25, 0.3) is 11.8 Å². The number of amides is 2. The Labute approximate surface area is 107 Å². The molecular weight excluding hydrogens is 226 g/mol. The van der Waals surface area contributed by atoms with Gasteiger partial charge in [0.15, 0.2) is 0 Å². The number of anilines is 1. The Morgan fingerprint density at radius 3 is 2.00 bits per heavy atom. The minimum Gasteiger partial charge on any atom is -0.269 e. The summed E-state index contributed by atoms with van der Waals surface area (Å²) in [5, 5.41) is 0. The number of nitrogens with zero attached hydrogens (tertiary/aromatic N) is 1. The maximum absolute atomic E-state index is 12.1. The third kappa shape index (κ3) is 1.86. The van der Waals surface area contributed by atoms with Gasteiger partial charge >= 0.3 is 0 Å². The molecule has 0 bridgehead atoms. The second-order valence-electron chi connectivity index (χ2n) is 4.44. The van der Waals surface area contributed by atoms with Crippen LogP contribution in [0.4, 0.5) is 5.69 Å². The first-order chi connectivity index (χ1) is 8.60. The van der Waals surface area contributed by atoms with E-state index in [1.54, 1.807) is 6.92 Å². The number of hydrogen-bond acceptors (Lipinski definition) is 2. The molecule has 2 amide bonds. The molecule has 1 aromatic rings. The predicted molar refractivity (Wildman–Crippen MR) is 71.4 cm³/mol. The summed E-state index contributed by atoms with van der Waals surface area (Å²) >= 11 is 0. The van der Waals surface area contributed by atoms with Crippen molar-refractivity contribution in [3.8, 4) is 0 Å². The van der Waals surface area contributed by atoms with Gasteiger partial charge in [-0.1, -0.05) is 32.0 Å². The molecular formula is C15H17NO2. The zero-order valence-electron chi connectivity index (χ0n) is 11.0. The normalized spacial score (nSPS) is 15.3. The molecule has 0 aromatic heterocycles. The second kappa shape index (κ2) is 4.77. The van der Waals surface area contributed by atoms with Crippen LogP contribution in [0, 0.1) is 0 Å². The van der Waals surface area contributed by atoms with E-state index in [1.165, 1.54) is 11.0 Å². The highest BCUT2D eigenvalue weighted by atomic mass is 16.2. The predicted octanol–water partition coefficient (Wildman–Crippen LogP) is 2.63. The fraction of sp³-hybridized carbons (Fsp3) is 0.333. The van der Waals surface area contributed by atoms with Gasteiger partial charge in [-0.15, -0.1) is 0 Å². The molecule has 0 radical (unpaired) electrons. The van der Waals surface area contributed by atoms with Crippen molar-refractivity contribution in [2.45, 2.75) is 33.6 Å². The molecule has 0 fully saturated rings. The van der Waals surface area contributed by atoms with Gasteiger partial charge in [-0.25, -0.2) is 4.90 Å². The van der Waals surface area contributed by atoms with E-state index < -0.39 is 0 Å². The smallest absolute Gasteiger partial charge is 0.261 e. The quantitative estimate of drug-likeness (QED) is 0.765. The molecule has 18 heavy (non-hydrogen) atoms. The molecule has 0 saturated heterocycles. The van der Waals surface area contributed by atoms with Crippen LogP contribution in [0.25, 0.3) is 0 Å². The zero-order valence-corrected chi connectivity index (χ0v) is 11.0. The molecule has 1 aromatic carbocycles. The summed E-state index contributed by atoms with van der Waals surface area (Å²) in [7, 11) is 0. The van der Waals surface area contributed by atoms with Crippen molar-refractivity contribution in [2.24, 2.45) is 0 Å². The van der Waals surface area contributed by atoms with E-state index in [-0.39, 0.29) is 11.8 Å². The Balaban J connectivity index is 2.58. The summed E-state index contributed by atoms with van der Waals surface area (Å²) in [4.78, 5) is 25.4. The Hall–Kier alpha value is -1.90. The number of aryl methyl sites for hydroxylation is 2. The Kier molecular flexibility index (Phi) is 3.32. The van der Waals surface area contributed by atoms with E-state index in [9.17, 15) is 9.59 Å². The van der Waals surface area contributed by atoms with Crippen LogP contribution >= 0.6 is 0 Å². The summed E-state index contributed by atoms with van der Waals surface area (Å²) in [6, 6.07) is 5.93. The van der Waals surface area contributed by atoms with Crippen LogP contribution in [-0.4, -0.2) is 11.8 Å². The van der Waals surface area contributed by atoms with E-state index >= 15 is 0 Å². The Bertz CT molecular complexity index is 521. The van der Waals surface area contributed by atoms with Crippen molar-refractivity contribution in [2.75, 3.05) is 4.90 Å². The lowest BCUT2D eigenvalue weighted by Gasteiger charge is -2.21. The van der Waals surface area contributed by atoms with Gasteiger partial charge < -0.3 is 0 Å². The van der Waals surface area contributed by atoms with Crippen LogP contribution in [0.1, 0.15) is 31.9 Å². The molecule has 3 nitrogen and oxygen atoms in total. The molecule has 0 saturated carbocycles. The maximum atomic E-state index is 12.1. The first kappa shape index (κ1) is 12.6. The number of carbonyl (C=O) groups is 2. The van der Waals surface area contributed by atoms with Crippen LogP contribution in [0.3, 0.4) is 0 Å². The minimum atomic E-state index is -0.229. The van der Waals surface area contributed by atoms with Crippen molar-refractivity contribution < 1.29 is 9.59 Å². The summed E-state index contributed by atoms with van der Waals surface area (Å²) in [5.41, 5.74) is 3.37. The summed E-state index contributed by atoms with van der Waals surface area (Å²) < 4.78 is 0. The van der Waals surface area contributed by atoms with Gasteiger partial charge in [0.2, 0.25) is 0 Å². The Morgan fingerprint density at radius 2 is 1.61 bits per heavy atom. The molecule has 0 atom stereocenters. The highest BCUT2D eigenvalue weighted by molar-refractivity contribution is 6.30. The fourth-order valence-corrected chi connectivity index (χ4v) is 2.30. The lowest BCUT2D eigenvalue weighted by atomic mass is 10.0. The highest BCUT2D eigenvalue weighted by Gasteiger charge is 2.32. The lowest BCUT2D eigenvalue weighted by molar-refractivity contribution is -0.120. The summed E-state index contributed by atoms with van der Waals surface area (Å²) in [6.07, 6.45) is 3.02. The molecule has 0 aliphatic carbocycles. The molecule has 1 aliphatic rings. The van der Waals surface area contributed by atoms with Gasteiger partial charge in [-0.3, -0.25) is 9.59 Å². The molecule has 94 valence electrons. The number of imide groups is 1. The van der Waals surface area contributed by atoms with E-state index in [4.69, 9.17) is 0 Å². The largest absolute Gasteiger partial charge is 0.269 e. The van der Waals surface area contributed by atoms with E-state index in [0.717, 1.165) is 29.7 Å². The topological polar surface area (TPSA) is 37.4 Å². The molecule has 1 heterocycles. The Morgan fingerprint density at radius 1 is 1.06 bits per heavy atom. The van der Waals surface area contributed by atoms with Gasteiger partial charge in [-0.05, 0) is 30.9 Å². The fourth-order valence-electron chi connectivity index (χ4n) is 2.30. The molecule has 2 rings (SSSR count). The van der Waals surface area contributed by atoms with Crippen molar-refractivity contribution in [3.63, 3.8) is 0 Å². The second-order valence-corrected chi connectivity index (χ2v) is 4.44. The van der Waals surface area contributed by atoms with E-state index in [0.29, 0.717) is 5.57 Å². The van der Waals surface area contributed by atoms with Crippen LogP contribution in [0.15, 0.2) is 29.8 Å². The van der Waals surface area contributed by atoms with Gasteiger partial charge in [0, 0.05) is 11.6 Å². The van der Waals surface area contributed by atoms with E-state index in [2.05, 4.69) is 0 Å². The third-order valence-electron chi connectivity index (χ3n) is 3.29. The first-order valence-corrected chi connectivity index (χ1v) is 6.27. The monoisotopic (exact) mass is 243 g/mol. The number of rotatable bonds is 3. The van der Waals surface area contributed by atoms with Crippen molar-refractivity contribution in [1.29, 1.82) is 0 Å². The number of para-hydroxylation sites is 1. The van der Waals surface area contributed by atoms with Gasteiger partial charge in [-0.2, -0.15) is 0 Å².